The lowest BCUT2D eigenvalue weighted by Crippen LogP contribution is -2.39. The predicted octanol–water partition coefficient (Wildman–Crippen LogP) is 1.26. The van der Waals surface area contributed by atoms with E-state index in [0.717, 1.165) is 11.1 Å². The molecule has 1 aliphatic rings. The Morgan fingerprint density at radius 1 is 1.37 bits per heavy atom. The second-order valence-electron chi connectivity index (χ2n) is 5.33. The van der Waals surface area contributed by atoms with E-state index in [1.165, 1.54) is 0 Å². The number of aliphatic hydroxyl groups is 3. The third-order valence-electron chi connectivity index (χ3n) is 3.39. The molecule has 4 heteroatoms. The van der Waals surface area contributed by atoms with Gasteiger partial charge < -0.3 is 20.1 Å². The summed E-state index contributed by atoms with van der Waals surface area (Å²) in [6.07, 6.45) is 3.70. The van der Waals surface area contributed by atoms with Gasteiger partial charge in [0.05, 0.1) is 18.8 Å². The standard InChI is InChI=1S/C15H20O4/c1-15(2,18)13-8-11-6-5-10(4-3-7-16)12(9-17)14(11)19-13/h3-6,13,16-18H,7-9H2,1-2H3. The molecule has 0 saturated heterocycles. The number of ether oxygens (including phenoxy) is 1. The second kappa shape index (κ2) is 5.33. The molecule has 0 spiro atoms. The van der Waals surface area contributed by atoms with Crippen molar-refractivity contribution < 1.29 is 20.1 Å². The molecule has 2 rings (SSSR count). The lowest BCUT2D eigenvalue weighted by Gasteiger charge is -2.25. The lowest BCUT2D eigenvalue weighted by molar-refractivity contribution is -0.0235. The van der Waals surface area contributed by atoms with Crippen molar-refractivity contribution in [1.82, 2.24) is 0 Å². The highest BCUT2D eigenvalue weighted by atomic mass is 16.5. The van der Waals surface area contributed by atoms with Crippen molar-refractivity contribution in [2.24, 2.45) is 0 Å². The van der Waals surface area contributed by atoms with Gasteiger partial charge in [-0.2, -0.15) is 0 Å². The first-order valence-corrected chi connectivity index (χ1v) is 6.39. The highest BCUT2D eigenvalue weighted by molar-refractivity contribution is 5.61. The van der Waals surface area contributed by atoms with Crippen molar-refractivity contribution in [3.8, 4) is 5.75 Å². The van der Waals surface area contributed by atoms with E-state index in [-0.39, 0.29) is 19.3 Å². The van der Waals surface area contributed by atoms with Crippen molar-refractivity contribution in [2.45, 2.75) is 38.6 Å². The number of rotatable bonds is 4. The van der Waals surface area contributed by atoms with E-state index in [1.54, 1.807) is 26.0 Å². The molecule has 0 aromatic heterocycles. The first-order valence-electron chi connectivity index (χ1n) is 6.39. The van der Waals surface area contributed by atoms with Crippen LogP contribution in [0.5, 0.6) is 5.75 Å². The monoisotopic (exact) mass is 264 g/mol. The Balaban J connectivity index is 2.37. The van der Waals surface area contributed by atoms with Crippen molar-refractivity contribution >= 4 is 6.08 Å². The molecule has 1 aromatic carbocycles. The maximum absolute atomic E-state index is 10.0. The molecule has 1 aromatic rings. The van der Waals surface area contributed by atoms with Gasteiger partial charge in [-0.25, -0.2) is 0 Å². The highest BCUT2D eigenvalue weighted by Gasteiger charge is 2.36. The molecule has 0 amide bonds. The fourth-order valence-corrected chi connectivity index (χ4v) is 2.28. The van der Waals surface area contributed by atoms with Crippen LogP contribution in [0, 0.1) is 0 Å². The van der Waals surface area contributed by atoms with Gasteiger partial charge in [0.1, 0.15) is 11.9 Å². The molecular formula is C15H20O4. The zero-order valence-electron chi connectivity index (χ0n) is 11.3. The zero-order valence-corrected chi connectivity index (χ0v) is 11.3. The fraction of sp³-hybridized carbons (Fsp3) is 0.467. The quantitative estimate of drug-likeness (QED) is 0.765. The van der Waals surface area contributed by atoms with E-state index in [1.807, 2.05) is 12.1 Å². The van der Waals surface area contributed by atoms with Gasteiger partial charge in [-0.3, -0.25) is 0 Å². The van der Waals surface area contributed by atoms with Crippen molar-refractivity contribution in [3.05, 3.63) is 34.9 Å². The van der Waals surface area contributed by atoms with Crippen LogP contribution in [-0.2, 0) is 13.0 Å². The summed E-state index contributed by atoms with van der Waals surface area (Å²) in [6.45, 7) is 3.26. The van der Waals surface area contributed by atoms with Crippen LogP contribution in [0.1, 0.15) is 30.5 Å². The van der Waals surface area contributed by atoms with E-state index in [2.05, 4.69) is 0 Å². The Kier molecular flexibility index (Phi) is 3.94. The predicted molar refractivity (Wildman–Crippen MR) is 72.9 cm³/mol. The summed E-state index contributed by atoms with van der Waals surface area (Å²) in [7, 11) is 0. The van der Waals surface area contributed by atoms with E-state index in [0.29, 0.717) is 17.7 Å². The second-order valence-corrected chi connectivity index (χ2v) is 5.33. The highest BCUT2D eigenvalue weighted by Crippen LogP contribution is 2.38. The first kappa shape index (κ1) is 14.1. The molecule has 0 bridgehead atoms. The summed E-state index contributed by atoms with van der Waals surface area (Å²) in [4.78, 5) is 0. The molecule has 0 saturated carbocycles. The number of aliphatic hydroxyl groups excluding tert-OH is 2. The van der Waals surface area contributed by atoms with Gasteiger partial charge in [-0.05, 0) is 25.0 Å². The van der Waals surface area contributed by atoms with Gasteiger partial charge in [0.2, 0.25) is 0 Å². The average molecular weight is 264 g/mol. The van der Waals surface area contributed by atoms with Crippen LogP contribution < -0.4 is 4.74 Å². The Bertz CT molecular complexity index is 486. The summed E-state index contributed by atoms with van der Waals surface area (Å²) >= 11 is 0. The molecule has 4 nitrogen and oxygen atoms in total. The van der Waals surface area contributed by atoms with Crippen LogP contribution >= 0.6 is 0 Å². The first-order chi connectivity index (χ1) is 8.97. The number of hydrogen-bond donors (Lipinski definition) is 3. The SMILES string of the molecule is CC(C)(O)C1Cc2ccc(C=CCO)c(CO)c2O1. The Morgan fingerprint density at radius 2 is 2.11 bits per heavy atom. The van der Waals surface area contributed by atoms with Crippen LogP contribution in [0.3, 0.4) is 0 Å². The van der Waals surface area contributed by atoms with E-state index in [4.69, 9.17) is 9.84 Å². The molecule has 1 atom stereocenters. The van der Waals surface area contributed by atoms with Crippen LogP contribution in [0.15, 0.2) is 18.2 Å². The van der Waals surface area contributed by atoms with Gasteiger partial charge in [0, 0.05) is 12.0 Å². The summed E-state index contributed by atoms with van der Waals surface area (Å²) in [5, 5.41) is 28.4. The molecular weight excluding hydrogens is 244 g/mol. The van der Waals surface area contributed by atoms with E-state index >= 15 is 0 Å². The molecule has 1 aliphatic heterocycles. The maximum atomic E-state index is 10.0. The van der Waals surface area contributed by atoms with Crippen LogP contribution in [0.2, 0.25) is 0 Å². The van der Waals surface area contributed by atoms with Gasteiger partial charge in [-0.15, -0.1) is 0 Å². The number of hydrogen-bond acceptors (Lipinski definition) is 4. The van der Waals surface area contributed by atoms with Gasteiger partial charge >= 0.3 is 0 Å². The van der Waals surface area contributed by atoms with Gasteiger partial charge in [-0.1, -0.05) is 24.3 Å². The number of benzene rings is 1. The Labute approximate surface area is 113 Å². The third-order valence-corrected chi connectivity index (χ3v) is 3.39. The molecule has 0 aliphatic carbocycles. The summed E-state index contributed by atoms with van der Waals surface area (Å²) in [5.41, 5.74) is 1.60. The third kappa shape index (κ3) is 2.81. The molecule has 1 unspecified atom stereocenters. The summed E-state index contributed by atoms with van der Waals surface area (Å²) in [5.74, 6) is 0.662. The largest absolute Gasteiger partial charge is 0.486 e. The minimum absolute atomic E-state index is 0.0465. The Morgan fingerprint density at radius 3 is 2.68 bits per heavy atom. The fourth-order valence-electron chi connectivity index (χ4n) is 2.28. The van der Waals surface area contributed by atoms with Crippen molar-refractivity contribution in [1.29, 1.82) is 0 Å². The molecule has 19 heavy (non-hydrogen) atoms. The lowest BCUT2D eigenvalue weighted by atomic mass is 9.95. The van der Waals surface area contributed by atoms with E-state index < -0.39 is 5.60 Å². The topological polar surface area (TPSA) is 69.9 Å². The Hall–Kier alpha value is -1.36. The molecule has 3 N–H and O–H groups in total. The smallest absolute Gasteiger partial charge is 0.131 e. The maximum Gasteiger partial charge on any atom is 0.131 e. The molecule has 1 heterocycles. The minimum atomic E-state index is -0.924. The number of fused-ring (bicyclic) bond motifs is 1. The van der Waals surface area contributed by atoms with Crippen molar-refractivity contribution in [3.63, 3.8) is 0 Å². The summed E-state index contributed by atoms with van der Waals surface area (Å²) < 4.78 is 5.81. The molecule has 0 radical (unpaired) electrons. The van der Waals surface area contributed by atoms with Crippen molar-refractivity contribution in [2.75, 3.05) is 6.61 Å². The molecule has 0 fully saturated rings. The van der Waals surface area contributed by atoms with E-state index in [9.17, 15) is 10.2 Å². The minimum Gasteiger partial charge on any atom is -0.486 e. The van der Waals surface area contributed by atoms with Crippen LogP contribution in [0.4, 0.5) is 0 Å². The molecule has 104 valence electrons. The average Bonchev–Trinajstić information content (AvgIpc) is 2.79. The van der Waals surface area contributed by atoms with Crippen LogP contribution in [0.25, 0.3) is 6.08 Å². The van der Waals surface area contributed by atoms with Crippen LogP contribution in [-0.4, -0.2) is 33.6 Å². The van der Waals surface area contributed by atoms with Gasteiger partial charge in [0.15, 0.2) is 0 Å². The zero-order chi connectivity index (χ0) is 14.0. The normalized spacial score (nSPS) is 18.7. The summed E-state index contributed by atoms with van der Waals surface area (Å²) in [6, 6.07) is 3.84. The van der Waals surface area contributed by atoms with Gasteiger partial charge in [0.25, 0.3) is 0 Å².